The molecule has 6 rings (SSSR count). The Hall–Kier alpha value is -4.84. The highest BCUT2D eigenvalue weighted by molar-refractivity contribution is 6.31. The molecule has 2 N–H and O–H groups in total. The van der Waals surface area contributed by atoms with Gasteiger partial charge in [-0.2, -0.15) is 0 Å². The molecule has 0 spiro atoms. The van der Waals surface area contributed by atoms with Crippen molar-refractivity contribution in [2.45, 2.75) is 31.7 Å². The third-order valence-corrected chi connectivity index (χ3v) is 8.45. The van der Waals surface area contributed by atoms with Gasteiger partial charge in [0.1, 0.15) is 11.6 Å². The van der Waals surface area contributed by atoms with Crippen LogP contribution in [0.15, 0.2) is 83.7 Å². The van der Waals surface area contributed by atoms with Gasteiger partial charge in [0, 0.05) is 59.1 Å². The Labute approximate surface area is 265 Å². The number of hydrogen-bond acceptors (Lipinski definition) is 5. The summed E-state index contributed by atoms with van der Waals surface area (Å²) in [6.07, 6.45) is -4.30. The molecule has 0 aliphatic carbocycles. The molecule has 2 unspecified atom stereocenters. The lowest BCUT2D eigenvalue weighted by Crippen LogP contribution is -2.47. The first kappa shape index (κ1) is 31.2. The number of anilines is 3. The lowest BCUT2D eigenvalue weighted by atomic mass is 9.83. The lowest BCUT2D eigenvalue weighted by Gasteiger charge is -2.44. The number of amides is 2. The molecule has 2 aliphatic heterocycles. The second-order valence-corrected chi connectivity index (χ2v) is 11.7. The van der Waals surface area contributed by atoms with Crippen LogP contribution in [0, 0.1) is 11.7 Å². The molecule has 2 amide bonds. The van der Waals surface area contributed by atoms with E-state index in [0.29, 0.717) is 31.0 Å². The molecule has 2 atom stereocenters. The Morgan fingerprint density at radius 2 is 1.70 bits per heavy atom. The van der Waals surface area contributed by atoms with E-state index in [2.05, 4.69) is 20.3 Å². The fourth-order valence-electron chi connectivity index (χ4n) is 6.15. The third-order valence-electron chi connectivity index (χ3n) is 8.10. The molecule has 46 heavy (non-hydrogen) atoms. The molecule has 0 radical (unpaired) electrons. The van der Waals surface area contributed by atoms with Gasteiger partial charge in [-0.1, -0.05) is 23.7 Å². The topological polar surface area (TPSA) is 92.7 Å². The zero-order chi connectivity index (χ0) is 32.6. The van der Waals surface area contributed by atoms with Crippen molar-refractivity contribution in [1.82, 2.24) is 4.57 Å². The van der Waals surface area contributed by atoms with E-state index >= 15 is 0 Å². The number of halogens is 5. The molecule has 0 saturated carbocycles. The fraction of sp³-hybridized carbons (Fsp3) is 0.242. The van der Waals surface area contributed by atoms with Crippen molar-refractivity contribution < 1.29 is 31.9 Å². The Morgan fingerprint density at radius 1 is 0.935 bits per heavy atom. The third kappa shape index (κ3) is 6.86. The van der Waals surface area contributed by atoms with Gasteiger partial charge in [0.05, 0.1) is 17.8 Å². The summed E-state index contributed by atoms with van der Waals surface area (Å²) in [7, 11) is 0. The fourth-order valence-corrected chi connectivity index (χ4v) is 6.38. The van der Waals surface area contributed by atoms with E-state index in [9.17, 15) is 31.9 Å². The molecule has 2 aliphatic rings. The number of rotatable bonds is 7. The Kier molecular flexibility index (Phi) is 8.47. The molecular formula is C33H27ClF4N4O4. The van der Waals surface area contributed by atoms with E-state index < -0.39 is 29.7 Å². The van der Waals surface area contributed by atoms with Gasteiger partial charge in [0.2, 0.25) is 5.91 Å². The van der Waals surface area contributed by atoms with Crippen molar-refractivity contribution in [3.63, 3.8) is 0 Å². The molecule has 2 bridgehead atoms. The zero-order valence-corrected chi connectivity index (χ0v) is 24.9. The van der Waals surface area contributed by atoms with Gasteiger partial charge in [-0.15, -0.1) is 13.2 Å². The van der Waals surface area contributed by atoms with Gasteiger partial charge in [0.15, 0.2) is 0 Å². The van der Waals surface area contributed by atoms with E-state index in [-0.39, 0.29) is 45.7 Å². The number of pyridine rings is 1. The minimum absolute atomic E-state index is 0.0321. The first-order valence-electron chi connectivity index (χ1n) is 14.4. The maximum absolute atomic E-state index is 14.5. The zero-order valence-electron chi connectivity index (χ0n) is 24.1. The molecule has 3 heterocycles. The summed E-state index contributed by atoms with van der Waals surface area (Å²) in [5.41, 5.74) is 2.26. The van der Waals surface area contributed by atoms with E-state index in [1.165, 1.54) is 36.4 Å². The number of aromatic nitrogens is 1. The molecule has 13 heteroatoms. The first-order chi connectivity index (χ1) is 21.9. The highest BCUT2D eigenvalue weighted by atomic mass is 35.5. The molecule has 8 nitrogen and oxygen atoms in total. The van der Waals surface area contributed by atoms with Crippen LogP contribution in [0.4, 0.5) is 34.6 Å². The maximum atomic E-state index is 14.5. The smallest absolute Gasteiger partial charge is 0.406 e. The SMILES string of the molecule is O=C(Cc1c(F)cccc1Cl)Nc1cc(C(=O)Nc2ccc(OC(F)(F)F)cc2)ccc1N1CC2CC(C1)c1cccc(=O)n1C2. The molecule has 3 aromatic carbocycles. The van der Waals surface area contributed by atoms with Crippen LogP contribution in [0.3, 0.4) is 0 Å². The molecule has 1 aromatic heterocycles. The average Bonchev–Trinajstić information content (AvgIpc) is 3.00. The Morgan fingerprint density at radius 3 is 2.43 bits per heavy atom. The quantitative estimate of drug-likeness (QED) is 0.219. The second kappa shape index (κ2) is 12.5. The summed E-state index contributed by atoms with van der Waals surface area (Å²) in [5.74, 6) is -1.96. The Balaban J connectivity index is 1.27. The minimum Gasteiger partial charge on any atom is -0.406 e. The molecule has 1 fully saturated rings. The van der Waals surface area contributed by atoms with Crippen LogP contribution in [0.5, 0.6) is 5.75 Å². The van der Waals surface area contributed by atoms with Crippen molar-refractivity contribution in [2.24, 2.45) is 5.92 Å². The largest absolute Gasteiger partial charge is 0.573 e. The maximum Gasteiger partial charge on any atom is 0.573 e. The highest BCUT2D eigenvalue weighted by Gasteiger charge is 2.35. The van der Waals surface area contributed by atoms with E-state index in [1.807, 2.05) is 10.6 Å². The number of ether oxygens (including phenoxy) is 1. The predicted molar refractivity (Wildman–Crippen MR) is 165 cm³/mol. The molecule has 1 saturated heterocycles. The van der Waals surface area contributed by atoms with Crippen LogP contribution in [0.1, 0.15) is 34.0 Å². The minimum atomic E-state index is -4.85. The summed E-state index contributed by atoms with van der Waals surface area (Å²) < 4.78 is 57.7. The number of nitrogens with one attached hydrogen (secondary N) is 2. The number of alkyl halides is 3. The van der Waals surface area contributed by atoms with Crippen molar-refractivity contribution in [2.75, 3.05) is 28.6 Å². The number of hydrogen-bond donors (Lipinski definition) is 2. The predicted octanol–water partition coefficient (Wildman–Crippen LogP) is 6.60. The van der Waals surface area contributed by atoms with Crippen LogP contribution in [-0.4, -0.2) is 35.8 Å². The van der Waals surface area contributed by atoms with Crippen LogP contribution in [0.25, 0.3) is 0 Å². The number of carbonyl (C=O) groups is 2. The van der Waals surface area contributed by atoms with Gasteiger partial charge in [0.25, 0.3) is 11.5 Å². The van der Waals surface area contributed by atoms with Gasteiger partial charge in [-0.25, -0.2) is 4.39 Å². The standard InChI is InChI=1S/C33H27ClF4N4O4/c34-25-3-1-4-26(35)24(25)15-30(43)40-27-14-20(32(45)39-22-8-10-23(11-9-22)46-33(36,37)38)7-12-29(27)41-16-19-13-21(18-41)28-5-2-6-31(44)42(28)17-19/h1-12,14,19,21H,13,15-18H2,(H,39,45)(H,40,43). The van der Waals surface area contributed by atoms with Gasteiger partial charge >= 0.3 is 6.36 Å². The van der Waals surface area contributed by atoms with Gasteiger partial charge < -0.3 is 24.8 Å². The number of nitrogens with zero attached hydrogens (tertiary/aromatic N) is 2. The molecule has 4 aromatic rings. The summed E-state index contributed by atoms with van der Waals surface area (Å²) >= 11 is 6.15. The number of carbonyl (C=O) groups excluding carboxylic acids is 2. The first-order valence-corrected chi connectivity index (χ1v) is 14.8. The number of piperidine rings is 1. The van der Waals surface area contributed by atoms with Crippen molar-refractivity contribution in [3.8, 4) is 5.75 Å². The summed E-state index contributed by atoms with van der Waals surface area (Å²) in [6, 6.07) is 18.8. The monoisotopic (exact) mass is 654 g/mol. The van der Waals surface area contributed by atoms with Gasteiger partial charge in [-0.05, 0) is 73.0 Å². The number of fused-ring (bicyclic) bond motifs is 4. The van der Waals surface area contributed by atoms with Crippen LogP contribution in [-0.2, 0) is 17.8 Å². The summed E-state index contributed by atoms with van der Waals surface area (Å²) in [4.78, 5) is 41.1. The molecular weight excluding hydrogens is 628 g/mol. The lowest BCUT2D eigenvalue weighted by molar-refractivity contribution is -0.274. The second-order valence-electron chi connectivity index (χ2n) is 11.3. The van der Waals surface area contributed by atoms with Crippen LogP contribution in [0.2, 0.25) is 5.02 Å². The summed E-state index contributed by atoms with van der Waals surface area (Å²) in [5, 5.41) is 5.56. The van der Waals surface area contributed by atoms with Crippen molar-refractivity contribution >= 4 is 40.5 Å². The van der Waals surface area contributed by atoms with Crippen molar-refractivity contribution in [3.05, 3.63) is 117 Å². The van der Waals surface area contributed by atoms with Gasteiger partial charge in [-0.3, -0.25) is 14.4 Å². The average molecular weight is 655 g/mol. The van der Waals surface area contributed by atoms with E-state index in [0.717, 1.165) is 24.2 Å². The van der Waals surface area contributed by atoms with E-state index in [4.69, 9.17) is 11.6 Å². The van der Waals surface area contributed by atoms with Crippen molar-refractivity contribution in [1.29, 1.82) is 0 Å². The molecule has 238 valence electrons. The van der Waals surface area contributed by atoms with Crippen LogP contribution >= 0.6 is 11.6 Å². The number of benzene rings is 3. The highest BCUT2D eigenvalue weighted by Crippen LogP contribution is 2.39. The summed E-state index contributed by atoms with van der Waals surface area (Å²) in [6.45, 7) is 1.71. The van der Waals surface area contributed by atoms with Crippen LogP contribution < -0.4 is 25.8 Å². The Bertz CT molecular complexity index is 1840. The normalized spacial score (nSPS) is 17.2. The van der Waals surface area contributed by atoms with E-state index in [1.54, 1.807) is 24.3 Å².